The highest BCUT2D eigenvalue weighted by Gasteiger charge is 2.04. The summed E-state index contributed by atoms with van der Waals surface area (Å²) in [6.07, 6.45) is 6.09. The fraction of sp³-hybridized carbons (Fsp3) is 0.231. The van der Waals surface area contributed by atoms with Crippen molar-refractivity contribution in [2.45, 2.75) is 6.92 Å². The van der Waals surface area contributed by atoms with Gasteiger partial charge in [0.1, 0.15) is 5.82 Å². The first kappa shape index (κ1) is 13.0. The van der Waals surface area contributed by atoms with Gasteiger partial charge in [0.25, 0.3) is 0 Å². The third-order valence-corrected chi connectivity index (χ3v) is 2.25. The van der Waals surface area contributed by atoms with Crippen LogP contribution in [0, 0.1) is 6.92 Å². The molecule has 0 unspecified atom stereocenters. The predicted octanol–water partition coefficient (Wildman–Crippen LogP) is 2.11. The van der Waals surface area contributed by atoms with E-state index in [-0.39, 0.29) is 0 Å². The SMILES string of the molecule is C=CCN(C)c1ncc(/C=C/C(=O)O)cc1C. The van der Waals surface area contributed by atoms with Crippen LogP contribution in [0.2, 0.25) is 0 Å². The first-order valence-electron chi connectivity index (χ1n) is 5.24. The molecule has 1 aromatic rings. The Hall–Kier alpha value is -2.10. The molecular weight excluding hydrogens is 216 g/mol. The van der Waals surface area contributed by atoms with E-state index in [1.165, 1.54) is 6.08 Å². The average molecular weight is 232 g/mol. The van der Waals surface area contributed by atoms with Gasteiger partial charge in [-0.1, -0.05) is 6.08 Å². The Balaban J connectivity index is 2.93. The molecule has 0 aliphatic heterocycles. The normalized spacial score (nSPS) is 10.5. The van der Waals surface area contributed by atoms with E-state index >= 15 is 0 Å². The van der Waals surface area contributed by atoms with E-state index < -0.39 is 5.97 Å². The third-order valence-electron chi connectivity index (χ3n) is 2.25. The van der Waals surface area contributed by atoms with Gasteiger partial charge in [0, 0.05) is 25.9 Å². The van der Waals surface area contributed by atoms with Crippen molar-refractivity contribution in [1.29, 1.82) is 0 Å². The summed E-state index contributed by atoms with van der Waals surface area (Å²) in [6.45, 7) is 6.34. The van der Waals surface area contributed by atoms with Gasteiger partial charge in [-0.05, 0) is 30.2 Å². The fourth-order valence-corrected chi connectivity index (χ4v) is 1.53. The van der Waals surface area contributed by atoms with Crippen LogP contribution in [0.4, 0.5) is 5.82 Å². The Morgan fingerprint density at radius 3 is 2.88 bits per heavy atom. The number of aryl methyl sites for hydroxylation is 1. The van der Waals surface area contributed by atoms with Gasteiger partial charge in [0.2, 0.25) is 0 Å². The Bertz CT molecular complexity index is 453. The number of aromatic nitrogens is 1. The van der Waals surface area contributed by atoms with Crippen molar-refractivity contribution in [2.75, 3.05) is 18.5 Å². The largest absolute Gasteiger partial charge is 0.478 e. The summed E-state index contributed by atoms with van der Waals surface area (Å²) in [5.74, 6) is -0.0899. The molecule has 4 heteroatoms. The average Bonchev–Trinajstić information content (AvgIpc) is 2.26. The van der Waals surface area contributed by atoms with E-state index in [9.17, 15) is 4.79 Å². The van der Waals surface area contributed by atoms with Gasteiger partial charge in [-0.2, -0.15) is 0 Å². The van der Waals surface area contributed by atoms with Gasteiger partial charge in [0.15, 0.2) is 0 Å². The van der Waals surface area contributed by atoms with E-state index in [0.29, 0.717) is 0 Å². The van der Waals surface area contributed by atoms with E-state index in [1.807, 2.05) is 24.9 Å². The Kier molecular flexibility index (Phi) is 4.46. The van der Waals surface area contributed by atoms with Gasteiger partial charge in [-0.15, -0.1) is 6.58 Å². The monoisotopic (exact) mass is 232 g/mol. The molecule has 4 nitrogen and oxygen atoms in total. The molecule has 1 N–H and O–H groups in total. The van der Waals surface area contributed by atoms with Crippen molar-refractivity contribution >= 4 is 17.9 Å². The van der Waals surface area contributed by atoms with Crippen LogP contribution in [0.15, 0.2) is 31.0 Å². The molecule has 0 atom stereocenters. The standard InChI is InChI=1S/C13H16N2O2/c1-4-7-15(3)13-10(2)8-11(9-14-13)5-6-12(16)17/h4-6,8-9H,1,7H2,2-3H3,(H,16,17)/b6-5+. The Morgan fingerprint density at radius 1 is 1.65 bits per heavy atom. The van der Waals surface area contributed by atoms with E-state index in [4.69, 9.17) is 5.11 Å². The zero-order valence-corrected chi connectivity index (χ0v) is 10.1. The molecule has 0 amide bonds. The molecule has 0 aliphatic carbocycles. The van der Waals surface area contributed by atoms with Crippen molar-refractivity contribution < 1.29 is 9.90 Å². The van der Waals surface area contributed by atoms with Crippen LogP contribution in [-0.4, -0.2) is 29.7 Å². The molecule has 0 saturated carbocycles. The summed E-state index contributed by atoms with van der Waals surface area (Å²) in [5, 5.41) is 8.53. The van der Waals surface area contributed by atoms with Gasteiger partial charge in [-0.3, -0.25) is 0 Å². The van der Waals surface area contributed by atoms with Crippen LogP contribution in [0.5, 0.6) is 0 Å². The zero-order chi connectivity index (χ0) is 12.8. The van der Waals surface area contributed by atoms with E-state index in [0.717, 1.165) is 29.6 Å². The molecule has 0 aromatic carbocycles. The lowest BCUT2D eigenvalue weighted by molar-refractivity contribution is -0.131. The van der Waals surface area contributed by atoms with Gasteiger partial charge >= 0.3 is 5.97 Å². The molecule has 0 aliphatic rings. The topological polar surface area (TPSA) is 53.4 Å². The van der Waals surface area contributed by atoms with Gasteiger partial charge in [0.05, 0.1) is 0 Å². The first-order valence-corrected chi connectivity index (χ1v) is 5.24. The highest BCUT2D eigenvalue weighted by Crippen LogP contribution is 2.17. The lowest BCUT2D eigenvalue weighted by atomic mass is 10.2. The maximum absolute atomic E-state index is 10.4. The Morgan fingerprint density at radius 2 is 2.35 bits per heavy atom. The highest BCUT2D eigenvalue weighted by molar-refractivity contribution is 5.85. The maximum atomic E-state index is 10.4. The highest BCUT2D eigenvalue weighted by atomic mass is 16.4. The molecule has 90 valence electrons. The number of pyridine rings is 1. The smallest absolute Gasteiger partial charge is 0.328 e. The molecule has 1 aromatic heterocycles. The molecule has 0 spiro atoms. The molecule has 1 rings (SSSR count). The fourth-order valence-electron chi connectivity index (χ4n) is 1.53. The molecule has 0 saturated heterocycles. The summed E-state index contributed by atoms with van der Waals surface area (Å²) in [7, 11) is 1.93. The number of nitrogens with zero attached hydrogens (tertiary/aromatic N) is 2. The summed E-state index contributed by atoms with van der Waals surface area (Å²) < 4.78 is 0. The molecule has 17 heavy (non-hydrogen) atoms. The van der Waals surface area contributed by atoms with Crippen LogP contribution in [0.25, 0.3) is 6.08 Å². The summed E-state index contributed by atoms with van der Waals surface area (Å²) in [4.78, 5) is 16.7. The number of carbonyl (C=O) groups is 1. The third kappa shape index (κ3) is 3.75. The molecule has 0 bridgehead atoms. The molecule has 1 heterocycles. The Labute approximate surface area is 101 Å². The minimum atomic E-state index is -0.962. The van der Waals surface area contributed by atoms with Crippen molar-refractivity contribution in [1.82, 2.24) is 4.98 Å². The van der Waals surface area contributed by atoms with Gasteiger partial charge < -0.3 is 10.0 Å². The number of anilines is 1. The number of hydrogen-bond acceptors (Lipinski definition) is 3. The van der Waals surface area contributed by atoms with Crippen LogP contribution < -0.4 is 4.90 Å². The summed E-state index contributed by atoms with van der Waals surface area (Å²) >= 11 is 0. The molecular formula is C13H16N2O2. The van der Waals surface area contributed by atoms with Crippen LogP contribution >= 0.6 is 0 Å². The lowest BCUT2D eigenvalue weighted by Gasteiger charge is -2.18. The van der Waals surface area contributed by atoms with Crippen LogP contribution in [0.3, 0.4) is 0 Å². The van der Waals surface area contributed by atoms with Crippen molar-refractivity contribution in [3.63, 3.8) is 0 Å². The second kappa shape index (κ2) is 5.84. The van der Waals surface area contributed by atoms with Gasteiger partial charge in [-0.25, -0.2) is 9.78 Å². The van der Waals surface area contributed by atoms with Crippen LogP contribution in [0.1, 0.15) is 11.1 Å². The van der Waals surface area contributed by atoms with E-state index in [2.05, 4.69) is 11.6 Å². The summed E-state index contributed by atoms with van der Waals surface area (Å²) in [5.41, 5.74) is 1.78. The maximum Gasteiger partial charge on any atom is 0.328 e. The number of likely N-dealkylation sites (N-methyl/N-ethyl adjacent to an activating group) is 1. The minimum Gasteiger partial charge on any atom is -0.478 e. The van der Waals surface area contributed by atoms with E-state index in [1.54, 1.807) is 12.3 Å². The second-order valence-corrected chi connectivity index (χ2v) is 3.75. The summed E-state index contributed by atoms with van der Waals surface area (Å²) in [6, 6.07) is 1.90. The lowest BCUT2D eigenvalue weighted by Crippen LogP contribution is -2.19. The molecule has 0 radical (unpaired) electrons. The number of carboxylic acid groups (broad SMARTS) is 1. The van der Waals surface area contributed by atoms with Crippen LogP contribution in [-0.2, 0) is 4.79 Å². The zero-order valence-electron chi connectivity index (χ0n) is 10.1. The van der Waals surface area contributed by atoms with Crippen molar-refractivity contribution in [3.05, 3.63) is 42.1 Å². The predicted molar refractivity (Wildman–Crippen MR) is 69.1 cm³/mol. The second-order valence-electron chi connectivity index (χ2n) is 3.75. The minimum absolute atomic E-state index is 0.720. The number of aliphatic carboxylic acids is 1. The number of rotatable bonds is 5. The number of hydrogen-bond donors (Lipinski definition) is 1. The first-order chi connectivity index (χ1) is 8.04. The van der Waals surface area contributed by atoms with Crippen molar-refractivity contribution in [2.24, 2.45) is 0 Å². The quantitative estimate of drug-likeness (QED) is 0.624. The van der Waals surface area contributed by atoms with Crippen molar-refractivity contribution in [3.8, 4) is 0 Å². The number of carboxylic acids is 1. The molecule has 0 fully saturated rings.